The number of amides is 1. The van der Waals surface area contributed by atoms with Crippen molar-refractivity contribution in [2.75, 3.05) is 16.4 Å². The fourth-order valence-corrected chi connectivity index (χ4v) is 7.32. The van der Waals surface area contributed by atoms with Crippen LogP contribution in [0.3, 0.4) is 0 Å². The van der Waals surface area contributed by atoms with Gasteiger partial charge in [0.1, 0.15) is 11.6 Å². The Hall–Kier alpha value is -2.26. The predicted octanol–water partition coefficient (Wildman–Crippen LogP) is 2.81. The van der Waals surface area contributed by atoms with Crippen molar-refractivity contribution in [2.45, 2.75) is 17.7 Å². The van der Waals surface area contributed by atoms with Crippen LogP contribution in [0, 0.1) is 11.6 Å². The highest BCUT2D eigenvalue weighted by Crippen LogP contribution is 2.41. The highest BCUT2D eigenvalue weighted by molar-refractivity contribution is 8.16. The lowest BCUT2D eigenvalue weighted by Crippen LogP contribution is -2.37. The van der Waals surface area contributed by atoms with E-state index >= 15 is 0 Å². The Labute approximate surface area is 165 Å². The first-order chi connectivity index (χ1) is 13.3. The number of carbonyl (C=O) groups excluding carboxylic acids is 1. The smallest absolute Gasteiger partial charge is 0.252 e. The van der Waals surface area contributed by atoms with Crippen LogP contribution in [0.1, 0.15) is 5.56 Å². The fourth-order valence-electron chi connectivity index (χ4n) is 3.39. The van der Waals surface area contributed by atoms with Crippen molar-refractivity contribution in [3.63, 3.8) is 0 Å². The molecule has 9 heteroatoms. The quantitative estimate of drug-likeness (QED) is 0.761. The van der Waals surface area contributed by atoms with Gasteiger partial charge in [-0.1, -0.05) is 23.9 Å². The van der Waals surface area contributed by atoms with Crippen LogP contribution < -0.4 is 4.90 Å². The molecule has 0 saturated carbocycles. The molecule has 2 aromatic carbocycles. The van der Waals surface area contributed by atoms with Gasteiger partial charge in [0.15, 0.2) is 15.0 Å². The molecule has 1 amide bonds. The minimum absolute atomic E-state index is 0.00916. The normalized spacial score (nSPS) is 24.5. The third-order valence-corrected chi connectivity index (χ3v) is 7.87. The summed E-state index contributed by atoms with van der Waals surface area (Å²) in [5, 5.41) is 0.177. The molecule has 2 aromatic rings. The molecule has 2 atom stereocenters. The van der Waals surface area contributed by atoms with Crippen LogP contribution in [0.5, 0.6) is 0 Å². The summed E-state index contributed by atoms with van der Waals surface area (Å²) in [6.45, 7) is 0. The molecule has 146 valence electrons. The first kappa shape index (κ1) is 19.1. The molecular formula is C19H16F2N2O3S2. The van der Waals surface area contributed by atoms with E-state index in [4.69, 9.17) is 0 Å². The van der Waals surface area contributed by atoms with Gasteiger partial charge in [-0.05, 0) is 42.0 Å². The monoisotopic (exact) mass is 422 g/mol. The minimum Gasteiger partial charge on any atom is -0.316 e. The van der Waals surface area contributed by atoms with Crippen molar-refractivity contribution in [1.82, 2.24) is 0 Å². The van der Waals surface area contributed by atoms with Gasteiger partial charge in [0.2, 0.25) is 0 Å². The van der Waals surface area contributed by atoms with Crippen molar-refractivity contribution in [1.29, 1.82) is 0 Å². The van der Waals surface area contributed by atoms with Crippen LogP contribution in [0.2, 0.25) is 0 Å². The van der Waals surface area contributed by atoms with Crippen LogP contribution in [0.25, 0.3) is 0 Å². The van der Waals surface area contributed by atoms with Crippen LogP contribution in [-0.2, 0) is 21.1 Å². The van der Waals surface area contributed by atoms with Crippen molar-refractivity contribution >= 4 is 38.4 Å². The summed E-state index contributed by atoms with van der Waals surface area (Å²) >= 11 is 1.25. The average molecular weight is 422 g/mol. The van der Waals surface area contributed by atoms with Crippen molar-refractivity contribution in [3.05, 3.63) is 65.7 Å². The van der Waals surface area contributed by atoms with Gasteiger partial charge in [0.25, 0.3) is 5.91 Å². The Morgan fingerprint density at radius 2 is 1.64 bits per heavy atom. The minimum atomic E-state index is -3.17. The summed E-state index contributed by atoms with van der Waals surface area (Å²) in [7, 11) is -3.17. The second kappa shape index (κ2) is 7.29. The van der Waals surface area contributed by atoms with E-state index in [1.165, 1.54) is 48.2 Å². The number of thioether (sulfide) groups is 1. The Balaban J connectivity index is 1.62. The Morgan fingerprint density at radius 1 is 1.04 bits per heavy atom. The molecule has 0 N–H and O–H groups in total. The van der Waals surface area contributed by atoms with Gasteiger partial charge < -0.3 is 4.90 Å². The van der Waals surface area contributed by atoms with E-state index < -0.39 is 21.6 Å². The van der Waals surface area contributed by atoms with E-state index in [1.54, 1.807) is 17.0 Å². The van der Waals surface area contributed by atoms with Crippen LogP contribution in [0.4, 0.5) is 14.5 Å². The third-order valence-electron chi connectivity index (χ3n) is 4.66. The number of sulfone groups is 1. The van der Waals surface area contributed by atoms with Crippen molar-refractivity contribution in [3.8, 4) is 0 Å². The molecule has 5 nitrogen and oxygen atoms in total. The molecule has 0 radical (unpaired) electrons. The van der Waals surface area contributed by atoms with Crippen molar-refractivity contribution in [2.24, 2.45) is 4.99 Å². The summed E-state index contributed by atoms with van der Waals surface area (Å²) in [6, 6.07) is 10.9. The molecule has 2 aliphatic heterocycles. The Bertz CT molecular complexity index is 1040. The zero-order valence-corrected chi connectivity index (χ0v) is 16.2. The molecule has 4 rings (SSSR count). The summed E-state index contributed by atoms with van der Waals surface area (Å²) in [6.07, 6.45) is 0.00916. The molecule has 2 fully saturated rings. The molecule has 2 heterocycles. The first-order valence-corrected chi connectivity index (χ1v) is 11.3. The molecule has 0 aliphatic carbocycles. The molecule has 0 unspecified atom stereocenters. The molecule has 0 aromatic heterocycles. The largest absolute Gasteiger partial charge is 0.316 e. The van der Waals surface area contributed by atoms with Crippen LogP contribution >= 0.6 is 11.8 Å². The first-order valence-electron chi connectivity index (χ1n) is 8.58. The number of rotatable bonds is 3. The van der Waals surface area contributed by atoms with Gasteiger partial charge in [0.05, 0.1) is 24.0 Å². The lowest BCUT2D eigenvalue weighted by Gasteiger charge is -2.24. The second-order valence-corrected chi connectivity index (χ2v) is 10.1. The van der Waals surface area contributed by atoms with E-state index in [0.717, 1.165) is 0 Å². The number of hydrogen-bond donors (Lipinski definition) is 0. The third kappa shape index (κ3) is 3.95. The van der Waals surface area contributed by atoms with Gasteiger partial charge >= 0.3 is 0 Å². The lowest BCUT2D eigenvalue weighted by atomic mass is 10.1. The molecule has 28 heavy (non-hydrogen) atoms. The van der Waals surface area contributed by atoms with Gasteiger partial charge in [-0.15, -0.1) is 0 Å². The van der Waals surface area contributed by atoms with Gasteiger partial charge in [-0.3, -0.25) is 4.79 Å². The molecule has 0 spiro atoms. The highest BCUT2D eigenvalue weighted by atomic mass is 32.2. The van der Waals surface area contributed by atoms with Crippen LogP contribution in [0.15, 0.2) is 53.5 Å². The number of hydrogen-bond acceptors (Lipinski definition) is 4. The molecule has 2 aliphatic rings. The zero-order valence-electron chi connectivity index (χ0n) is 14.6. The highest BCUT2D eigenvalue weighted by Gasteiger charge is 2.49. The van der Waals surface area contributed by atoms with Crippen LogP contribution in [-0.4, -0.2) is 42.3 Å². The number of aliphatic imine (C=N–C) groups is 1. The lowest BCUT2D eigenvalue weighted by molar-refractivity contribution is -0.117. The number of fused-ring (bicyclic) bond motifs is 1. The molecule has 0 bridgehead atoms. The fraction of sp³-hybridized carbons (Fsp3) is 0.263. The van der Waals surface area contributed by atoms with E-state index in [1.807, 2.05) is 0 Å². The molecule has 2 saturated heterocycles. The van der Waals surface area contributed by atoms with Gasteiger partial charge in [0, 0.05) is 10.9 Å². The number of nitrogens with zero attached hydrogens (tertiary/aromatic N) is 2. The predicted molar refractivity (Wildman–Crippen MR) is 105 cm³/mol. The van der Waals surface area contributed by atoms with E-state index in [2.05, 4.69) is 4.99 Å². The summed E-state index contributed by atoms with van der Waals surface area (Å²) in [5.74, 6) is -1.22. The summed E-state index contributed by atoms with van der Waals surface area (Å²) < 4.78 is 50.4. The average Bonchev–Trinajstić information content (AvgIpc) is 3.09. The summed E-state index contributed by atoms with van der Waals surface area (Å²) in [4.78, 5) is 18.3. The SMILES string of the molecule is O=C(Cc1ccc(F)cc1)N=C1S[C@H]2CS(=O)(=O)C[C@H]2N1c1ccc(F)cc1. The zero-order chi connectivity index (χ0) is 19.9. The Kier molecular flexibility index (Phi) is 4.96. The van der Waals surface area contributed by atoms with Crippen molar-refractivity contribution < 1.29 is 22.0 Å². The number of halogens is 2. The van der Waals surface area contributed by atoms with E-state index in [9.17, 15) is 22.0 Å². The van der Waals surface area contributed by atoms with E-state index in [0.29, 0.717) is 16.4 Å². The topological polar surface area (TPSA) is 66.8 Å². The standard InChI is InChI=1S/C19H16F2N2O3S2/c20-13-3-1-12(2-4-13)9-18(24)22-19-23(15-7-5-14(21)6-8-15)16-10-28(25,26)11-17(16)27-19/h1-8,16-17H,9-11H2/t16-,17+/m1/s1. The van der Waals surface area contributed by atoms with E-state index in [-0.39, 0.29) is 35.0 Å². The Morgan fingerprint density at radius 3 is 2.29 bits per heavy atom. The second-order valence-electron chi connectivity index (χ2n) is 6.74. The maximum absolute atomic E-state index is 13.3. The summed E-state index contributed by atoms with van der Waals surface area (Å²) in [5.41, 5.74) is 1.22. The maximum Gasteiger partial charge on any atom is 0.252 e. The van der Waals surface area contributed by atoms with Gasteiger partial charge in [-0.25, -0.2) is 17.2 Å². The maximum atomic E-state index is 13.3. The molecular weight excluding hydrogens is 406 g/mol. The number of anilines is 1. The number of carbonyl (C=O) groups is 1. The van der Waals surface area contributed by atoms with Gasteiger partial charge in [-0.2, -0.15) is 4.99 Å². The number of amidine groups is 1. The number of benzene rings is 2.